The number of nitro benzene ring substituents is 2. The van der Waals surface area contributed by atoms with Crippen molar-refractivity contribution in [1.82, 2.24) is 4.90 Å². The van der Waals surface area contributed by atoms with Gasteiger partial charge < -0.3 is 14.2 Å². The molecular formula is C40H34N3O10PS. The molecule has 1 fully saturated rings. The Kier molecular flexibility index (Phi) is 11.8. The van der Waals surface area contributed by atoms with Gasteiger partial charge in [0.2, 0.25) is 5.91 Å². The maximum absolute atomic E-state index is 14.8. The van der Waals surface area contributed by atoms with Gasteiger partial charge in [0.15, 0.2) is 0 Å². The van der Waals surface area contributed by atoms with E-state index in [1.54, 1.807) is 0 Å². The number of likely N-dealkylation sites (tertiary alicyclic amines) is 1. The number of amides is 1. The second kappa shape index (κ2) is 16.8. The van der Waals surface area contributed by atoms with Crippen LogP contribution in [-0.2, 0) is 37.0 Å². The first-order valence-electron chi connectivity index (χ1n) is 16.9. The van der Waals surface area contributed by atoms with E-state index < -0.39 is 52.2 Å². The van der Waals surface area contributed by atoms with E-state index >= 15 is 0 Å². The Morgan fingerprint density at radius 2 is 1.09 bits per heavy atom. The van der Waals surface area contributed by atoms with Crippen molar-refractivity contribution in [3.8, 4) is 0 Å². The van der Waals surface area contributed by atoms with Crippen molar-refractivity contribution < 1.29 is 38.4 Å². The summed E-state index contributed by atoms with van der Waals surface area (Å²) in [6.45, 7) is -2.21. The van der Waals surface area contributed by atoms with E-state index in [4.69, 9.17) is 26.8 Å². The van der Waals surface area contributed by atoms with Gasteiger partial charge in [-0.15, -0.1) is 0 Å². The van der Waals surface area contributed by atoms with Crippen molar-refractivity contribution in [2.75, 3.05) is 0 Å². The Labute approximate surface area is 321 Å². The second-order valence-corrected chi connectivity index (χ2v) is 16.3. The first kappa shape index (κ1) is 38.5. The molecule has 1 aliphatic heterocycles. The fraction of sp³-hybridized carbons (Fsp3) is 0.150. The van der Waals surface area contributed by atoms with Crippen molar-refractivity contribution in [2.45, 2.75) is 31.6 Å². The third-order valence-electron chi connectivity index (χ3n) is 9.08. The number of non-ortho nitro benzene ring substituents is 2. The van der Waals surface area contributed by atoms with Gasteiger partial charge in [0.1, 0.15) is 30.7 Å². The third kappa shape index (κ3) is 8.01. The van der Waals surface area contributed by atoms with Crippen molar-refractivity contribution >= 4 is 70.3 Å². The summed E-state index contributed by atoms with van der Waals surface area (Å²) in [5.74, 6) is -2.33. The maximum Gasteiger partial charge on any atom is 0.508 e. The number of hydrogen-bond acceptors (Lipinski definition) is 11. The molecule has 3 unspecified atom stereocenters. The summed E-state index contributed by atoms with van der Waals surface area (Å²) >= 11 is 4.85. The summed E-state index contributed by atoms with van der Waals surface area (Å²) in [6, 6.07) is 39.2. The number of esters is 1. The first-order valence-corrected chi connectivity index (χ1v) is 19.2. The van der Waals surface area contributed by atoms with Gasteiger partial charge in [-0.3, -0.25) is 29.9 Å². The molecule has 0 aromatic heterocycles. The van der Waals surface area contributed by atoms with E-state index in [-0.39, 0.29) is 30.0 Å². The van der Waals surface area contributed by atoms with E-state index in [2.05, 4.69) is 0 Å². The van der Waals surface area contributed by atoms with Crippen LogP contribution in [0.2, 0.25) is 0 Å². The minimum absolute atomic E-state index is 0.0483. The highest BCUT2D eigenvalue weighted by Crippen LogP contribution is 2.50. The molecule has 1 saturated heterocycles. The Hall–Kier alpha value is -6.24. The van der Waals surface area contributed by atoms with Crippen molar-refractivity contribution in [2.24, 2.45) is 5.92 Å². The van der Waals surface area contributed by atoms with Crippen LogP contribution in [0.25, 0.3) is 0 Å². The maximum atomic E-state index is 14.8. The van der Waals surface area contributed by atoms with Crippen LogP contribution in [0.1, 0.15) is 18.1 Å². The number of thiol groups is 1. The van der Waals surface area contributed by atoms with Gasteiger partial charge in [-0.1, -0.05) is 91.0 Å². The highest BCUT2D eigenvalue weighted by Gasteiger charge is 2.55. The number of benzene rings is 5. The van der Waals surface area contributed by atoms with E-state index in [0.717, 1.165) is 15.9 Å². The zero-order chi connectivity index (χ0) is 39.1. The van der Waals surface area contributed by atoms with Crippen LogP contribution in [0.15, 0.2) is 140 Å². The van der Waals surface area contributed by atoms with Gasteiger partial charge >= 0.3 is 12.1 Å². The van der Waals surface area contributed by atoms with Crippen LogP contribution in [-0.4, -0.2) is 49.7 Å². The highest BCUT2D eigenvalue weighted by atomic mass is 32.1. The van der Waals surface area contributed by atoms with Gasteiger partial charge in [0.05, 0.1) is 15.2 Å². The minimum Gasteiger partial charge on any atom is -0.456 e. The predicted molar refractivity (Wildman–Crippen MR) is 210 cm³/mol. The number of ether oxygens (including phenoxy) is 3. The largest absolute Gasteiger partial charge is 0.508 e. The topological polar surface area (TPSA) is 168 Å². The lowest BCUT2D eigenvalue weighted by atomic mass is 9.92. The summed E-state index contributed by atoms with van der Waals surface area (Å²) in [5, 5.41) is 23.5. The van der Waals surface area contributed by atoms with Crippen molar-refractivity contribution in [3.63, 3.8) is 0 Å². The average molecular weight is 780 g/mol. The number of carbonyl (C=O) groups excluding carboxylic acids is 3. The molecule has 13 nitrogen and oxygen atoms in total. The SMILES string of the molecule is CC(OC(=O)OCc1ccc([N+](=O)[O-])cc1)C1C(=O)N(C(C(=O)OCc2ccc([N+](=O)[O-])cc2)=P(c2ccccc2)(c2ccccc2)c2ccccc2)C1S. The van der Waals surface area contributed by atoms with E-state index in [0.29, 0.717) is 11.1 Å². The van der Waals surface area contributed by atoms with E-state index in [1.165, 1.54) is 60.4 Å². The van der Waals surface area contributed by atoms with Gasteiger partial charge in [0.25, 0.3) is 11.4 Å². The van der Waals surface area contributed by atoms with E-state index in [1.807, 2.05) is 91.0 Å². The Bertz CT molecular complexity index is 2150. The van der Waals surface area contributed by atoms with Crippen molar-refractivity contribution in [3.05, 3.63) is 171 Å². The van der Waals surface area contributed by atoms with Crippen LogP contribution in [0.4, 0.5) is 16.2 Å². The normalized spacial score (nSPS) is 15.6. The number of rotatable bonds is 13. The molecule has 1 aliphatic rings. The Morgan fingerprint density at radius 1 is 0.691 bits per heavy atom. The monoisotopic (exact) mass is 779 g/mol. The van der Waals surface area contributed by atoms with Crippen LogP contribution in [0.3, 0.4) is 0 Å². The molecule has 1 amide bonds. The lowest BCUT2D eigenvalue weighted by molar-refractivity contribution is -0.385. The second-order valence-electron chi connectivity index (χ2n) is 12.4. The molecule has 6 rings (SSSR count). The molecule has 15 heteroatoms. The Balaban J connectivity index is 1.39. The molecule has 5 aromatic rings. The summed E-state index contributed by atoms with van der Waals surface area (Å²) in [6.07, 6.45) is -2.10. The highest BCUT2D eigenvalue weighted by molar-refractivity contribution is 7.96. The fourth-order valence-electron chi connectivity index (χ4n) is 6.38. The smallest absolute Gasteiger partial charge is 0.456 e. The molecular weight excluding hydrogens is 745 g/mol. The number of β-lactam (4-membered cyclic amide) rings is 1. The Morgan fingerprint density at radius 3 is 1.47 bits per heavy atom. The van der Waals surface area contributed by atoms with E-state index in [9.17, 15) is 34.6 Å². The predicted octanol–water partition coefficient (Wildman–Crippen LogP) is 6.13. The van der Waals surface area contributed by atoms with Gasteiger partial charge in [-0.05, 0) is 58.2 Å². The first-order chi connectivity index (χ1) is 26.5. The molecule has 5 aromatic carbocycles. The molecule has 1 heterocycles. The summed E-state index contributed by atoms with van der Waals surface area (Å²) in [4.78, 5) is 64.5. The van der Waals surface area contributed by atoms with Crippen LogP contribution in [0.5, 0.6) is 0 Å². The number of nitrogens with zero attached hydrogens (tertiary/aromatic N) is 3. The average Bonchev–Trinajstić information content (AvgIpc) is 3.20. The van der Waals surface area contributed by atoms with Crippen LogP contribution < -0.4 is 15.9 Å². The quantitative estimate of drug-likeness (QED) is 0.0367. The molecule has 0 bridgehead atoms. The summed E-state index contributed by atoms with van der Waals surface area (Å²) in [7, 11) is 0. The minimum atomic E-state index is -3.26. The summed E-state index contributed by atoms with van der Waals surface area (Å²) in [5.41, 5.74) is 0.796. The molecule has 280 valence electrons. The zero-order valence-electron chi connectivity index (χ0n) is 29.2. The summed E-state index contributed by atoms with van der Waals surface area (Å²) < 4.78 is 16.7. The number of nitro groups is 2. The van der Waals surface area contributed by atoms with Gasteiger partial charge in [0, 0.05) is 31.2 Å². The molecule has 55 heavy (non-hydrogen) atoms. The van der Waals surface area contributed by atoms with Gasteiger partial charge in [-0.25, -0.2) is 9.59 Å². The lowest BCUT2D eigenvalue weighted by Crippen LogP contribution is -2.66. The van der Waals surface area contributed by atoms with Gasteiger partial charge in [-0.2, -0.15) is 12.6 Å². The molecule has 0 aliphatic carbocycles. The standard InChI is InChI=1S/C40H34N3O10PS/c1-27(53-40(46)52-26-29-19-23-31(24-20-29)43(49)50)35-36(44)41(38(35)55)37(39(45)51-25-28-17-21-30(22-18-28)42(47)48)54(32-11-5-2-6-12-32,33-13-7-3-8-14-33)34-15-9-4-10-16-34/h2-24,27,35,38,55H,25-26H2,1H3. The van der Waals surface area contributed by atoms with Crippen LogP contribution >= 0.6 is 19.5 Å². The molecule has 0 N–H and O–H groups in total. The zero-order valence-corrected chi connectivity index (χ0v) is 31.0. The van der Waals surface area contributed by atoms with Crippen LogP contribution in [0, 0.1) is 26.1 Å². The molecule has 0 saturated carbocycles. The molecule has 0 radical (unpaired) electrons. The van der Waals surface area contributed by atoms with Crippen molar-refractivity contribution in [1.29, 1.82) is 0 Å². The molecule has 3 atom stereocenters. The number of carbonyl (C=O) groups is 3. The lowest BCUT2D eigenvalue weighted by Gasteiger charge is -2.49. The third-order valence-corrected chi connectivity index (χ3v) is 13.9. The fourth-order valence-corrected chi connectivity index (χ4v) is 11.4. The molecule has 0 spiro atoms. The number of hydrogen-bond donors (Lipinski definition) is 1.